The van der Waals surface area contributed by atoms with Gasteiger partial charge in [-0.05, 0) is 79.7 Å². The molecule has 2 heteroatoms. The van der Waals surface area contributed by atoms with Gasteiger partial charge in [-0.1, -0.05) is 140 Å². The molecule has 0 unspecified atom stereocenters. The number of rotatable bonds is 4. The van der Waals surface area contributed by atoms with E-state index in [1.807, 2.05) is 12.1 Å². The third kappa shape index (κ3) is 4.26. The Morgan fingerprint density at radius 2 is 0.851 bits per heavy atom. The fourth-order valence-corrected chi connectivity index (χ4v) is 7.41. The zero-order chi connectivity index (χ0) is 31.3. The first-order valence-electron chi connectivity index (χ1n) is 15.9. The second-order valence-electron chi connectivity index (χ2n) is 12.0. The van der Waals surface area contributed by atoms with Crippen LogP contribution in [0.1, 0.15) is 5.56 Å². The molecule has 0 aliphatic heterocycles. The molecule has 0 spiro atoms. The highest BCUT2D eigenvalue weighted by molar-refractivity contribution is 6.21. The number of fused-ring (bicyclic) bond motifs is 5. The van der Waals surface area contributed by atoms with Crippen molar-refractivity contribution >= 4 is 43.4 Å². The number of hydrogen-bond donors (Lipinski definition) is 0. The molecule has 0 saturated heterocycles. The summed E-state index contributed by atoms with van der Waals surface area (Å²) in [5, 5.41) is 17.3. The first-order chi connectivity index (χ1) is 23.3. The summed E-state index contributed by atoms with van der Waals surface area (Å²) in [5.74, 6) is 0. The quantitative estimate of drug-likeness (QED) is 0.186. The molecule has 0 bridgehead atoms. The molecule has 0 aliphatic rings. The fraction of sp³-hybridized carbons (Fsp3) is 0. The summed E-state index contributed by atoms with van der Waals surface area (Å²) in [5.41, 5.74) is 10.9. The summed E-state index contributed by atoms with van der Waals surface area (Å²) >= 11 is 0. The van der Waals surface area contributed by atoms with E-state index in [2.05, 4.69) is 168 Å². The third-order valence-corrected chi connectivity index (χ3v) is 9.40. The van der Waals surface area contributed by atoms with Crippen molar-refractivity contribution < 1.29 is 0 Å². The number of para-hydroxylation sites is 2. The second kappa shape index (κ2) is 10.9. The molecule has 218 valence electrons. The highest BCUT2D eigenvalue weighted by Crippen LogP contribution is 2.45. The lowest BCUT2D eigenvalue weighted by molar-refractivity contribution is 1.18. The molecule has 0 atom stereocenters. The van der Waals surface area contributed by atoms with E-state index < -0.39 is 0 Å². The number of hydrogen-bond acceptors (Lipinski definition) is 1. The minimum atomic E-state index is 0.634. The molecule has 2 nitrogen and oxygen atoms in total. The highest BCUT2D eigenvalue weighted by atomic mass is 15.0. The molecule has 1 heterocycles. The van der Waals surface area contributed by atoms with Gasteiger partial charge in [0.2, 0.25) is 0 Å². The van der Waals surface area contributed by atoms with Crippen LogP contribution in [0, 0.1) is 11.3 Å². The number of nitrogens with zero attached hydrogens (tertiary/aromatic N) is 2. The Bertz CT molecular complexity index is 2580. The Morgan fingerprint density at radius 1 is 0.383 bits per heavy atom. The molecule has 47 heavy (non-hydrogen) atoms. The topological polar surface area (TPSA) is 28.7 Å². The van der Waals surface area contributed by atoms with E-state index in [4.69, 9.17) is 0 Å². The summed E-state index contributed by atoms with van der Waals surface area (Å²) in [7, 11) is 0. The smallest absolute Gasteiger partial charge is 0.0992 e. The fourth-order valence-electron chi connectivity index (χ4n) is 7.41. The Morgan fingerprint density at radius 3 is 1.43 bits per heavy atom. The SMILES string of the molecule is N#Cc1ccc(-c2cccc(-c3c4ccccc4c(-c4ccccc4)c4ccccc34)c2)c(-n2c3ccccc3c3ccccc32)c1. The van der Waals surface area contributed by atoms with Crippen LogP contribution >= 0.6 is 0 Å². The predicted octanol–water partition coefficient (Wildman–Crippen LogP) is 12.0. The Kier molecular flexibility index (Phi) is 6.23. The zero-order valence-corrected chi connectivity index (χ0v) is 25.6. The van der Waals surface area contributed by atoms with Gasteiger partial charge in [-0.15, -0.1) is 0 Å². The van der Waals surface area contributed by atoms with E-state index >= 15 is 0 Å². The monoisotopic (exact) mass is 596 g/mol. The molecule has 9 aromatic rings. The lowest BCUT2D eigenvalue weighted by Crippen LogP contribution is -1.98. The van der Waals surface area contributed by atoms with E-state index in [9.17, 15) is 5.26 Å². The van der Waals surface area contributed by atoms with Gasteiger partial charge in [0.1, 0.15) is 0 Å². The number of nitriles is 1. The van der Waals surface area contributed by atoms with E-state index in [1.165, 1.54) is 49.0 Å². The Labute approximate surface area is 273 Å². The molecular weight excluding hydrogens is 569 g/mol. The van der Waals surface area contributed by atoms with Crippen LogP contribution in [0.3, 0.4) is 0 Å². The van der Waals surface area contributed by atoms with E-state index in [-0.39, 0.29) is 0 Å². The van der Waals surface area contributed by atoms with Crippen molar-refractivity contribution in [2.24, 2.45) is 0 Å². The van der Waals surface area contributed by atoms with Crippen LogP contribution in [0.5, 0.6) is 0 Å². The summed E-state index contributed by atoms with van der Waals surface area (Å²) < 4.78 is 2.31. The molecule has 1 aromatic heterocycles. The van der Waals surface area contributed by atoms with Gasteiger partial charge in [0.25, 0.3) is 0 Å². The van der Waals surface area contributed by atoms with Crippen LogP contribution in [0.15, 0.2) is 170 Å². The molecule has 0 N–H and O–H groups in total. The van der Waals surface area contributed by atoms with Crippen molar-refractivity contribution in [3.8, 4) is 45.1 Å². The molecule has 9 rings (SSSR count). The van der Waals surface area contributed by atoms with Crippen molar-refractivity contribution in [1.82, 2.24) is 4.57 Å². The average Bonchev–Trinajstić information content (AvgIpc) is 3.48. The maximum Gasteiger partial charge on any atom is 0.0992 e. The van der Waals surface area contributed by atoms with Gasteiger partial charge < -0.3 is 4.57 Å². The van der Waals surface area contributed by atoms with Gasteiger partial charge in [0.15, 0.2) is 0 Å². The van der Waals surface area contributed by atoms with Gasteiger partial charge in [-0.2, -0.15) is 5.26 Å². The molecule has 0 amide bonds. The predicted molar refractivity (Wildman–Crippen MR) is 197 cm³/mol. The first kappa shape index (κ1) is 26.9. The van der Waals surface area contributed by atoms with Gasteiger partial charge in [0, 0.05) is 16.3 Å². The molecule has 0 aliphatic carbocycles. The first-order valence-corrected chi connectivity index (χ1v) is 15.9. The van der Waals surface area contributed by atoms with Crippen LogP contribution in [0.25, 0.3) is 82.4 Å². The largest absolute Gasteiger partial charge is 0.309 e. The van der Waals surface area contributed by atoms with Crippen LogP contribution in [0.4, 0.5) is 0 Å². The number of aromatic nitrogens is 1. The average molecular weight is 597 g/mol. The minimum Gasteiger partial charge on any atom is -0.309 e. The maximum absolute atomic E-state index is 9.99. The van der Waals surface area contributed by atoms with Crippen LogP contribution in [-0.2, 0) is 0 Å². The number of benzene rings is 8. The van der Waals surface area contributed by atoms with Crippen molar-refractivity contribution in [2.75, 3.05) is 0 Å². The zero-order valence-electron chi connectivity index (χ0n) is 25.6. The maximum atomic E-state index is 9.99. The summed E-state index contributed by atoms with van der Waals surface area (Å²) in [6, 6.07) is 62.6. The summed E-state index contributed by atoms with van der Waals surface area (Å²) in [6.07, 6.45) is 0. The highest BCUT2D eigenvalue weighted by Gasteiger charge is 2.19. The summed E-state index contributed by atoms with van der Waals surface area (Å²) in [6.45, 7) is 0. The van der Waals surface area contributed by atoms with Crippen molar-refractivity contribution in [1.29, 1.82) is 5.26 Å². The van der Waals surface area contributed by atoms with Gasteiger partial charge in [-0.25, -0.2) is 0 Å². The van der Waals surface area contributed by atoms with Gasteiger partial charge in [0.05, 0.1) is 28.4 Å². The van der Waals surface area contributed by atoms with E-state index in [1.54, 1.807) is 0 Å². The lowest BCUT2D eigenvalue weighted by atomic mass is 9.85. The van der Waals surface area contributed by atoms with Crippen LogP contribution in [-0.4, -0.2) is 4.57 Å². The third-order valence-electron chi connectivity index (χ3n) is 9.40. The van der Waals surface area contributed by atoms with Crippen molar-refractivity contribution in [2.45, 2.75) is 0 Å². The molecule has 0 fully saturated rings. The lowest BCUT2D eigenvalue weighted by Gasteiger charge is -2.19. The Balaban J connectivity index is 1.32. The molecule has 8 aromatic carbocycles. The van der Waals surface area contributed by atoms with E-state index in [0.717, 1.165) is 33.4 Å². The normalized spacial score (nSPS) is 11.4. The van der Waals surface area contributed by atoms with Gasteiger partial charge in [-0.3, -0.25) is 0 Å². The van der Waals surface area contributed by atoms with E-state index in [0.29, 0.717) is 5.56 Å². The van der Waals surface area contributed by atoms with Crippen LogP contribution < -0.4 is 0 Å². The van der Waals surface area contributed by atoms with Gasteiger partial charge >= 0.3 is 0 Å². The molecule has 0 radical (unpaired) electrons. The van der Waals surface area contributed by atoms with Crippen LogP contribution in [0.2, 0.25) is 0 Å². The standard InChI is InChI=1S/C45H28N2/c46-29-30-25-26-34(43(27-30)47-41-23-10-8-17-35(41)36-18-9-11-24-42(36)47)32-15-12-16-33(28-32)45-39-21-6-4-19-37(39)44(31-13-2-1-3-14-31)38-20-5-7-22-40(38)45/h1-28H. The second-order valence-corrected chi connectivity index (χ2v) is 12.0. The molecular formula is C45H28N2. The Hall–Kier alpha value is -6.43. The van der Waals surface area contributed by atoms with Crippen molar-refractivity contribution in [3.63, 3.8) is 0 Å². The molecule has 0 saturated carbocycles. The minimum absolute atomic E-state index is 0.634. The summed E-state index contributed by atoms with van der Waals surface area (Å²) in [4.78, 5) is 0. The van der Waals surface area contributed by atoms with Crippen molar-refractivity contribution in [3.05, 3.63) is 175 Å².